The Morgan fingerprint density at radius 3 is 3.06 bits per heavy atom. The van der Waals surface area contributed by atoms with Crippen LogP contribution in [0.5, 0.6) is 0 Å². The fourth-order valence-electron chi connectivity index (χ4n) is 2.00. The number of hydrogen-bond donors (Lipinski definition) is 2. The zero-order valence-electron chi connectivity index (χ0n) is 9.90. The Morgan fingerprint density at radius 1 is 1.33 bits per heavy atom. The Bertz CT molecular complexity index is 624. The zero-order chi connectivity index (χ0) is 12.5. The largest absolute Gasteiger partial charge is 0.346 e. The fraction of sp³-hybridized carbons (Fsp3) is 0.154. The molecule has 0 atom stereocenters. The molecule has 5 heteroatoms. The van der Waals surface area contributed by atoms with E-state index in [0.29, 0.717) is 17.9 Å². The van der Waals surface area contributed by atoms with Gasteiger partial charge in [0.15, 0.2) is 0 Å². The van der Waals surface area contributed by atoms with Crippen LogP contribution in [0.15, 0.2) is 30.6 Å². The molecule has 1 aliphatic heterocycles. The van der Waals surface area contributed by atoms with Gasteiger partial charge in [0.05, 0.1) is 12.2 Å². The smallest absolute Gasteiger partial charge is 0.257 e. The Kier molecular flexibility index (Phi) is 2.44. The van der Waals surface area contributed by atoms with Crippen molar-refractivity contribution in [3.05, 3.63) is 47.4 Å². The second-order valence-corrected chi connectivity index (χ2v) is 4.22. The molecular weight excluding hydrogens is 228 g/mol. The molecule has 0 saturated carbocycles. The van der Waals surface area contributed by atoms with Crippen LogP contribution < -0.4 is 10.6 Å². The number of aromatic nitrogens is 2. The van der Waals surface area contributed by atoms with Crippen LogP contribution in [0.25, 0.3) is 0 Å². The number of anilines is 2. The highest BCUT2D eigenvalue weighted by atomic mass is 16.2. The number of fused-ring (bicyclic) bond motifs is 1. The highest BCUT2D eigenvalue weighted by Gasteiger charge is 2.24. The van der Waals surface area contributed by atoms with Gasteiger partial charge in [0, 0.05) is 5.69 Å². The topological polar surface area (TPSA) is 66.9 Å². The highest BCUT2D eigenvalue weighted by Crippen LogP contribution is 2.23. The van der Waals surface area contributed by atoms with E-state index in [2.05, 4.69) is 20.6 Å². The molecular formula is C13H12N4O. The van der Waals surface area contributed by atoms with Gasteiger partial charge < -0.3 is 10.6 Å². The van der Waals surface area contributed by atoms with E-state index in [1.807, 2.05) is 31.2 Å². The molecule has 2 aromatic rings. The minimum Gasteiger partial charge on any atom is -0.346 e. The van der Waals surface area contributed by atoms with E-state index in [4.69, 9.17) is 0 Å². The summed E-state index contributed by atoms with van der Waals surface area (Å²) in [5.74, 6) is 0.432. The van der Waals surface area contributed by atoms with Gasteiger partial charge in [0.2, 0.25) is 0 Å². The van der Waals surface area contributed by atoms with E-state index < -0.39 is 0 Å². The third kappa shape index (κ3) is 1.79. The molecule has 5 nitrogen and oxygen atoms in total. The van der Waals surface area contributed by atoms with Crippen molar-refractivity contribution in [2.24, 2.45) is 0 Å². The quantitative estimate of drug-likeness (QED) is 0.839. The number of rotatable bonds is 2. The lowest BCUT2D eigenvalue weighted by Crippen LogP contribution is -2.14. The summed E-state index contributed by atoms with van der Waals surface area (Å²) in [7, 11) is 0. The molecule has 0 unspecified atom stereocenters. The van der Waals surface area contributed by atoms with Gasteiger partial charge in [-0.1, -0.05) is 12.1 Å². The summed E-state index contributed by atoms with van der Waals surface area (Å²) in [6, 6.07) is 7.91. The Balaban J connectivity index is 1.99. The summed E-state index contributed by atoms with van der Waals surface area (Å²) in [6.07, 6.45) is 1.47. The van der Waals surface area contributed by atoms with E-state index in [0.717, 1.165) is 16.9 Å². The molecule has 0 bridgehead atoms. The Morgan fingerprint density at radius 2 is 2.22 bits per heavy atom. The van der Waals surface area contributed by atoms with E-state index in [1.165, 1.54) is 6.33 Å². The van der Waals surface area contributed by atoms with Crippen molar-refractivity contribution >= 4 is 17.4 Å². The maximum Gasteiger partial charge on any atom is 0.257 e. The van der Waals surface area contributed by atoms with Crippen molar-refractivity contribution in [1.82, 2.24) is 15.3 Å². The normalized spacial score (nSPS) is 13.1. The average molecular weight is 240 g/mol. The molecule has 1 amide bonds. The maximum atomic E-state index is 11.7. The second-order valence-electron chi connectivity index (χ2n) is 4.22. The van der Waals surface area contributed by atoms with Crippen molar-refractivity contribution in [3.8, 4) is 0 Å². The Hall–Kier alpha value is -2.43. The van der Waals surface area contributed by atoms with Crippen molar-refractivity contribution in [2.75, 3.05) is 5.32 Å². The third-order valence-electron chi connectivity index (χ3n) is 2.85. The summed E-state index contributed by atoms with van der Waals surface area (Å²) >= 11 is 0. The van der Waals surface area contributed by atoms with Crippen LogP contribution in [0.2, 0.25) is 0 Å². The molecule has 18 heavy (non-hydrogen) atoms. The minimum absolute atomic E-state index is 0.124. The van der Waals surface area contributed by atoms with Crippen molar-refractivity contribution in [2.45, 2.75) is 13.5 Å². The first-order chi connectivity index (χ1) is 8.74. The first kappa shape index (κ1) is 10.7. The molecule has 2 N–H and O–H groups in total. The molecule has 0 saturated heterocycles. The molecule has 0 fully saturated rings. The van der Waals surface area contributed by atoms with Gasteiger partial charge in [-0.25, -0.2) is 9.97 Å². The van der Waals surface area contributed by atoms with Gasteiger partial charge in [-0.05, 0) is 24.6 Å². The number of hydrogen-bond acceptors (Lipinski definition) is 4. The van der Waals surface area contributed by atoms with Crippen LogP contribution in [-0.4, -0.2) is 15.9 Å². The monoisotopic (exact) mass is 240 g/mol. The van der Waals surface area contributed by atoms with Crippen LogP contribution in [0, 0.1) is 6.92 Å². The van der Waals surface area contributed by atoms with Crippen LogP contribution in [-0.2, 0) is 6.54 Å². The van der Waals surface area contributed by atoms with Crippen LogP contribution in [0.3, 0.4) is 0 Å². The molecule has 1 aromatic heterocycles. The molecule has 0 aliphatic carbocycles. The van der Waals surface area contributed by atoms with Gasteiger partial charge in [-0.2, -0.15) is 0 Å². The number of aryl methyl sites for hydroxylation is 1. The first-order valence-electron chi connectivity index (χ1n) is 5.70. The van der Waals surface area contributed by atoms with E-state index in [1.54, 1.807) is 0 Å². The summed E-state index contributed by atoms with van der Waals surface area (Å²) in [5.41, 5.74) is 3.34. The fourth-order valence-corrected chi connectivity index (χ4v) is 2.00. The summed E-state index contributed by atoms with van der Waals surface area (Å²) in [6.45, 7) is 2.49. The van der Waals surface area contributed by atoms with Gasteiger partial charge in [0.1, 0.15) is 17.7 Å². The molecule has 2 heterocycles. The lowest BCUT2D eigenvalue weighted by molar-refractivity contribution is 0.0966. The van der Waals surface area contributed by atoms with Gasteiger partial charge in [-0.15, -0.1) is 0 Å². The molecule has 3 rings (SSSR count). The van der Waals surface area contributed by atoms with Crippen LogP contribution in [0.4, 0.5) is 11.5 Å². The van der Waals surface area contributed by atoms with Crippen LogP contribution in [0.1, 0.15) is 21.6 Å². The molecule has 0 spiro atoms. The lowest BCUT2D eigenvalue weighted by Gasteiger charge is -2.08. The second kappa shape index (κ2) is 4.10. The van der Waals surface area contributed by atoms with Crippen molar-refractivity contribution in [3.63, 3.8) is 0 Å². The summed E-state index contributed by atoms with van der Waals surface area (Å²) in [5, 5.41) is 5.90. The van der Waals surface area contributed by atoms with Gasteiger partial charge in [-0.3, -0.25) is 4.79 Å². The van der Waals surface area contributed by atoms with E-state index in [-0.39, 0.29) is 5.91 Å². The molecule has 1 aromatic carbocycles. The SMILES string of the molecule is Cc1cccc(Nc2ncnc3c2C(=O)NC3)c1. The predicted octanol–water partition coefficient (Wildman–Crippen LogP) is 1.77. The van der Waals surface area contributed by atoms with E-state index >= 15 is 0 Å². The minimum atomic E-state index is -0.124. The molecule has 90 valence electrons. The van der Waals surface area contributed by atoms with Crippen molar-refractivity contribution in [1.29, 1.82) is 0 Å². The Labute approximate surface area is 104 Å². The number of carbonyl (C=O) groups excluding carboxylic acids is 1. The maximum absolute atomic E-state index is 11.7. The van der Waals surface area contributed by atoms with Crippen molar-refractivity contribution < 1.29 is 4.79 Å². The predicted molar refractivity (Wildman–Crippen MR) is 67.7 cm³/mol. The number of amides is 1. The summed E-state index contributed by atoms with van der Waals surface area (Å²) < 4.78 is 0. The van der Waals surface area contributed by atoms with E-state index in [9.17, 15) is 4.79 Å². The van der Waals surface area contributed by atoms with Gasteiger partial charge in [0.25, 0.3) is 5.91 Å². The molecule has 0 radical (unpaired) electrons. The number of nitrogens with one attached hydrogen (secondary N) is 2. The third-order valence-corrected chi connectivity index (χ3v) is 2.85. The first-order valence-corrected chi connectivity index (χ1v) is 5.70. The van der Waals surface area contributed by atoms with Gasteiger partial charge >= 0.3 is 0 Å². The standard InChI is InChI=1S/C13H12N4O/c1-8-3-2-4-9(5-8)17-12-11-10(15-7-16-12)6-14-13(11)18/h2-5,7H,6H2,1H3,(H,14,18)(H,15,16,17). The number of benzene rings is 1. The van der Waals surface area contributed by atoms with Crippen LogP contribution >= 0.6 is 0 Å². The zero-order valence-corrected chi connectivity index (χ0v) is 9.90. The molecule has 1 aliphatic rings. The summed E-state index contributed by atoms with van der Waals surface area (Å²) in [4.78, 5) is 20.0. The lowest BCUT2D eigenvalue weighted by atomic mass is 10.2. The number of carbonyl (C=O) groups is 1. The average Bonchev–Trinajstić information content (AvgIpc) is 2.72. The number of nitrogens with zero attached hydrogens (tertiary/aromatic N) is 2. The highest BCUT2D eigenvalue weighted by molar-refractivity contribution is 6.02.